The molecule has 1 aromatic heterocycles. The highest BCUT2D eigenvalue weighted by atomic mass is 16.5. The van der Waals surface area contributed by atoms with Crippen molar-refractivity contribution in [2.45, 2.75) is 33.7 Å². The molecular formula is C22H26N2O4. The summed E-state index contributed by atoms with van der Waals surface area (Å²) < 4.78 is 18.7. The predicted molar refractivity (Wildman–Crippen MR) is 108 cm³/mol. The van der Waals surface area contributed by atoms with Gasteiger partial charge in [0, 0.05) is 6.54 Å². The Kier molecular flexibility index (Phi) is 6.53. The van der Waals surface area contributed by atoms with Gasteiger partial charge in [0.25, 0.3) is 0 Å². The molecule has 0 saturated carbocycles. The normalized spacial score (nSPS) is 10.8. The predicted octanol–water partition coefficient (Wildman–Crippen LogP) is 4.39. The van der Waals surface area contributed by atoms with Gasteiger partial charge in [-0.1, -0.05) is 12.1 Å². The zero-order valence-electron chi connectivity index (χ0n) is 16.6. The second-order valence-electron chi connectivity index (χ2n) is 6.32. The molecule has 6 heteroatoms. The standard InChI is InChI=1S/C22H26N2O4/c1-4-26-20-12-11-17(15-21(20)27-5-2)22(25)28-14-8-13-24-16(3)23-18-9-6-7-10-19(18)24/h6-7,9-12,15H,4-5,8,13-14H2,1-3H3. The lowest BCUT2D eigenvalue weighted by Gasteiger charge is -2.12. The molecule has 0 aliphatic carbocycles. The van der Waals surface area contributed by atoms with E-state index in [1.54, 1.807) is 18.2 Å². The summed E-state index contributed by atoms with van der Waals surface area (Å²) in [5.41, 5.74) is 2.53. The van der Waals surface area contributed by atoms with Crippen LogP contribution >= 0.6 is 0 Å². The molecule has 0 amide bonds. The molecule has 28 heavy (non-hydrogen) atoms. The van der Waals surface area contributed by atoms with Crippen LogP contribution in [0.2, 0.25) is 0 Å². The van der Waals surface area contributed by atoms with Crippen molar-refractivity contribution in [3.05, 3.63) is 53.9 Å². The summed E-state index contributed by atoms with van der Waals surface area (Å²) in [6.45, 7) is 7.89. The first-order chi connectivity index (χ1) is 13.6. The fraction of sp³-hybridized carbons (Fsp3) is 0.364. The minimum absolute atomic E-state index is 0.335. The van der Waals surface area contributed by atoms with Gasteiger partial charge in [0.15, 0.2) is 11.5 Å². The number of carbonyl (C=O) groups is 1. The maximum Gasteiger partial charge on any atom is 0.338 e. The van der Waals surface area contributed by atoms with Crippen molar-refractivity contribution >= 4 is 17.0 Å². The van der Waals surface area contributed by atoms with Gasteiger partial charge >= 0.3 is 5.97 Å². The Morgan fingerprint density at radius 3 is 2.57 bits per heavy atom. The zero-order valence-corrected chi connectivity index (χ0v) is 16.6. The van der Waals surface area contributed by atoms with Gasteiger partial charge in [-0.25, -0.2) is 9.78 Å². The molecule has 0 radical (unpaired) electrons. The molecule has 3 rings (SSSR count). The van der Waals surface area contributed by atoms with Crippen LogP contribution in [0.4, 0.5) is 0 Å². The van der Waals surface area contributed by atoms with E-state index in [0.717, 1.165) is 23.4 Å². The highest BCUT2D eigenvalue weighted by molar-refractivity contribution is 5.90. The van der Waals surface area contributed by atoms with Gasteiger partial charge in [-0.05, 0) is 57.5 Å². The van der Waals surface area contributed by atoms with Crippen LogP contribution in [-0.2, 0) is 11.3 Å². The minimum atomic E-state index is -0.365. The van der Waals surface area contributed by atoms with Crippen molar-refractivity contribution in [3.8, 4) is 11.5 Å². The number of esters is 1. The molecule has 3 aromatic rings. The Labute approximate surface area is 165 Å². The van der Waals surface area contributed by atoms with Crippen LogP contribution in [0.3, 0.4) is 0 Å². The van der Waals surface area contributed by atoms with Crippen LogP contribution in [0.25, 0.3) is 11.0 Å². The Morgan fingerprint density at radius 1 is 1.04 bits per heavy atom. The largest absolute Gasteiger partial charge is 0.490 e. The third-order valence-corrected chi connectivity index (χ3v) is 4.38. The number of nitrogens with zero attached hydrogens (tertiary/aromatic N) is 2. The summed E-state index contributed by atoms with van der Waals surface area (Å²) in [4.78, 5) is 16.9. The molecule has 148 valence electrons. The summed E-state index contributed by atoms with van der Waals surface area (Å²) in [7, 11) is 0. The third-order valence-electron chi connectivity index (χ3n) is 4.38. The lowest BCUT2D eigenvalue weighted by atomic mass is 10.2. The average molecular weight is 382 g/mol. The molecule has 0 aliphatic rings. The van der Waals surface area contributed by atoms with Gasteiger partial charge in [0.1, 0.15) is 5.82 Å². The Hall–Kier alpha value is -3.02. The van der Waals surface area contributed by atoms with E-state index >= 15 is 0 Å². The molecule has 0 saturated heterocycles. The number of hydrogen-bond acceptors (Lipinski definition) is 5. The van der Waals surface area contributed by atoms with Gasteiger partial charge < -0.3 is 18.8 Å². The minimum Gasteiger partial charge on any atom is -0.490 e. The fourth-order valence-electron chi connectivity index (χ4n) is 3.13. The number of para-hydroxylation sites is 2. The first-order valence-corrected chi connectivity index (χ1v) is 9.62. The summed E-state index contributed by atoms with van der Waals surface area (Å²) in [5.74, 6) is 1.78. The lowest BCUT2D eigenvalue weighted by molar-refractivity contribution is 0.0495. The van der Waals surface area contributed by atoms with E-state index in [-0.39, 0.29) is 5.97 Å². The van der Waals surface area contributed by atoms with Crippen LogP contribution in [0.1, 0.15) is 36.5 Å². The molecule has 0 fully saturated rings. The van der Waals surface area contributed by atoms with E-state index in [4.69, 9.17) is 14.2 Å². The van der Waals surface area contributed by atoms with E-state index < -0.39 is 0 Å². The number of hydrogen-bond donors (Lipinski definition) is 0. The first kappa shape index (κ1) is 19.7. The molecule has 6 nitrogen and oxygen atoms in total. The molecular weight excluding hydrogens is 356 g/mol. The maximum absolute atomic E-state index is 12.4. The topological polar surface area (TPSA) is 62.6 Å². The molecule has 0 aliphatic heterocycles. The molecule has 0 atom stereocenters. The number of aryl methyl sites for hydroxylation is 2. The van der Waals surface area contributed by atoms with Crippen LogP contribution < -0.4 is 9.47 Å². The second-order valence-corrected chi connectivity index (χ2v) is 6.32. The number of imidazole rings is 1. The van der Waals surface area contributed by atoms with Crippen molar-refractivity contribution in [1.29, 1.82) is 0 Å². The Balaban J connectivity index is 1.58. The first-order valence-electron chi connectivity index (χ1n) is 9.62. The van der Waals surface area contributed by atoms with Crippen molar-refractivity contribution in [2.75, 3.05) is 19.8 Å². The Bertz CT molecular complexity index is 949. The second kappa shape index (κ2) is 9.26. The van der Waals surface area contributed by atoms with E-state index in [1.807, 2.05) is 39.0 Å². The molecule has 0 unspecified atom stereocenters. The van der Waals surface area contributed by atoms with E-state index in [2.05, 4.69) is 15.6 Å². The molecule has 0 spiro atoms. The van der Waals surface area contributed by atoms with Gasteiger partial charge in [0.05, 0.1) is 36.4 Å². The summed E-state index contributed by atoms with van der Waals surface area (Å²) in [6, 6.07) is 13.1. The lowest BCUT2D eigenvalue weighted by Crippen LogP contribution is -2.10. The third kappa shape index (κ3) is 4.44. The van der Waals surface area contributed by atoms with Crippen molar-refractivity contribution in [3.63, 3.8) is 0 Å². The highest BCUT2D eigenvalue weighted by Gasteiger charge is 2.13. The SMILES string of the molecule is CCOc1ccc(C(=O)OCCCn2c(C)nc3ccccc32)cc1OCC. The highest BCUT2D eigenvalue weighted by Crippen LogP contribution is 2.28. The summed E-state index contributed by atoms with van der Waals surface area (Å²) in [5, 5.41) is 0. The molecule has 2 aromatic carbocycles. The summed E-state index contributed by atoms with van der Waals surface area (Å²) in [6.07, 6.45) is 0.711. The number of aromatic nitrogens is 2. The molecule has 0 bridgehead atoms. The van der Waals surface area contributed by atoms with Crippen molar-refractivity contribution < 1.29 is 19.0 Å². The van der Waals surface area contributed by atoms with E-state index in [0.29, 0.717) is 43.3 Å². The van der Waals surface area contributed by atoms with E-state index in [1.165, 1.54) is 0 Å². The number of carbonyl (C=O) groups excluding carboxylic acids is 1. The molecule has 1 heterocycles. The number of ether oxygens (including phenoxy) is 3. The average Bonchev–Trinajstić information content (AvgIpc) is 3.02. The van der Waals surface area contributed by atoms with Gasteiger partial charge in [0.2, 0.25) is 0 Å². The van der Waals surface area contributed by atoms with Gasteiger partial charge in [-0.2, -0.15) is 0 Å². The zero-order chi connectivity index (χ0) is 19.9. The Morgan fingerprint density at radius 2 is 1.79 bits per heavy atom. The van der Waals surface area contributed by atoms with Crippen LogP contribution in [0.15, 0.2) is 42.5 Å². The van der Waals surface area contributed by atoms with Crippen LogP contribution in [0.5, 0.6) is 11.5 Å². The van der Waals surface area contributed by atoms with Crippen molar-refractivity contribution in [1.82, 2.24) is 9.55 Å². The maximum atomic E-state index is 12.4. The summed E-state index contributed by atoms with van der Waals surface area (Å²) >= 11 is 0. The van der Waals surface area contributed by atoms with Gasteiger partial charge in [-0.15, -0.1) is 0 Å². The van der Waals surface area contributed by atoms with E-state index in [9.17, 15) is 4.79 Å². The number of benzene rings is 2. The number of rotatable bonds is 9. The monoisotopic (exact) mass is 382 g/mol. The number of fused-ring (bicyclic) bond motifs is 1. The van der Waals surface area contributed by atoms with Gasteiger partial charge in [-0.3, -0.25) is 0 Å². The molecule has 0 N–H and O–H groups in total. The van der Waals surface area contributed by atoms with Crippen LogP contribution in [-0.4, -0.2) is 35.3 Å². The quantitative estimate of drug-likeness (QED) is 0.406. The fourth-order valence-corrected chi connectivity index (χ4v) is 3.13. The smallest absolute Gasteiger partial charge is 0.338 e. The van der Waals surface area contributed by atoms with Crippen molar-refractivity contribution in [2.24, 2.45) is 0 Å². The van der Waals surface area contributed by atoms with Crippen LogP contribution in [0, 0.1) is 6.92 Å².